The molecule has 0 bridgehead atoms. The SMILES string of the molecule is CCON=Cc1c(N)ncnc1Nc1ccc2c(cnn2Cc2ccccc2)c1. The van der Waals surface area contributed by atoms with E-state index in [1.165, 1.54) is 18.1 Å². The van der Waals surface area contributed by atoms with E-state index in [2.05, 4.69) is 37.7 Å². The van der Waals surface area contributed by atoms with E-state index in [4.69, 9.17) is 10.6 Å². The number of benzene rings is 2. The van der Waals surface area contributed by atoms with Crippen LogP contribution in [0.3, 0.4) is 0 Å². The number of nitrogens with two attached hydrogens (primary N) is 1. The number of anilines is 3. The van der Waals surface area contributed by atoms with Crippen LogP contribution in [0.25, 0.3) is 10.9 Å². The van der Waals surface area contributed by atoms with Crippen LogP contribution in [0.2, 0.25) is 0 Å². The lowest BCUT2D eigenvalue weighted by Crippen LogP contribution is -2.05. The Morgan fingerprint density at radius 2 is 2.03 bits per heavy atom. The minimum Gasteiger partial charge on any atom is -0.396 e. The summed E-state index contributed by atoms with van der Waals surface area (Å²) < 4.78 is 1.98. The van der Waals surface area contributed by atoms with Gasteiger partial charge in [-0.2, -0.15) is 5.10 Å². The summed E-state index contributed by atoms with van der Waals surface area (Å²) in [6, 6.07) is 16.3. The van der Waals surface area contributed by atoms with Crippen LogP contribution in [0.4, 0.5) is 17.3 Å². The molecule has 4 aromatic rings. The maximum absolute atomic E-state index is 5.97. The van der Waals surface area contributed by atoms with Gasteiger partial charge >= 0.3 is 0 Å². The number of hydrogen-bond donors (Lipinski definition) is 2. The highest BCUT2D eigenvalue weighted by Gasteiger charge is 2.10. The summed E-state index contributed by atoms with van der Waals surface area (Å²) in [4.78, 5) is 13.3. The number of nitrogen functional groups attached to an aromatic ring is 1. The molecule has 146 valence electrons. The van der Waals surface area contributed by atoms with E-state index < -0.39 is 0 Å². The highest BCUT2D eigenvalue weighted by molar-refractivity contribution is 5.93. The van der Waals surface area contributed by atoms with Gasteiger partial charge in [0.25, 0.3) is 0 Å². The first-order chi connectivity index (χ1) is 14.2. The van der Waals surface area contributed by atoms with Gasteiger partial charge in [0.15, 0.2) is 0 Å². The molecule has 0 unspecified atom stereocenters. The Hall–Kier alpha value is -3.94. The second-order valence-corrected chi connectivity index (χ2v) is 6.36. The zero-order chi connectivity index (χ0) is 20.1. The van der Waals surface area contributed by atoms with E-state index in [-0.39, 0.29) is 0 Å². The second-order valence-electron chi connectivity index (χ2n) is 6.36. The van der Waals surface area contributed by atoms with Crippen molar-refractivity contribution < 1.29 is 4.84 Å². The highest BCUT2D eigenvalue weighted by Crippen LogP contribution is 2.24. The molecule has 29 heavy (non-hydrogen) atoms. The van der Waals surface area contributed by atoms with Crippen molar-refractivity contribution in [3.05, 3.63) is 72.2 Å². The van der Waals surface area contributed by atoms with Crippen LogP contribution in [0.15, 0.2) is 66.2 Å². The lowest BCUT2D eigenvalue weighted by atomic mass is 10.2. The van der Waals surface area contributed by atoms with E-state index in [9.17, 15) is 0 Å². The van der Waals surface area contributed by atoms with Gasteiger partial charge in [-0.15, -0.1) is 0 Å². The van der Waals surface area contributed by atoms with Gasteiger partial charge in [0, 0.05) is 11.1 Å². The molecule has 2 aromatic heterocycles. The fourth-order valence-corrected chi connectivity index (χ4v) is 2.98. The summed E-state index contributed by atoms with van der Waals surface area (Å²) in [5.41, 5.74) is 9.66. The van der Waals surface area contributed by atoms with Crippen molar-refractivity contribution in [1.82, 2.24) is 19.7 Å². The van der Waals surface area contributed by atoms with Crippen molar-refractivity contribution in [1.29, 1.82) is 0 Å². The van der Waals surface area contributed by atoms with Crippen molar-refractivity contribution >= 4 is 34.4 Å². The minimum atomic E-state index is 0.322. The van der Waals surface area contributed by atoms with Gasteiger partial charge in [-0.05, 0) is 30.7 Å². The van der Waals surface area contributed by atoms with Crippen LogP contribution < -0.4 is 11.1 Å². The Kier molecular flexibility index (Phi) is 5.33. The van der Waals surface area contributed by atoms with E-state index >= 15 is 0 Å². The first kappa shape index (κ1) is 18.4. The van der Waals surface area contributed by atoms with Gasteiger partial charge in [-0.25, -0.2) is 9.97 Å². The van der Waals surface area contributed by atoms with Gasteiger partial charge in [0.05, 0.1) is 30.0 Å². The molecule has 0 fully saturated rings. The molecule has 2 aromatic carbocycles. The van der Waals surface area contributed by atoms with E-state index in [1.807, 2.05) is 54.2 Å². The third kappa shape index (κ3) is 4.16. The second kappa shape index (κ2) is 8.39. The summed E-state index contributed by atoms with van der Waals surface area (Å²) >= 11 is 0. The third-order valence-corrected chi connectivity index (χ3v) is 4.38. The maximum Gasteiger partial charge on any atom is 0.144 e. The normalized spacial score (nSPS) is 11.2. The topological polar surface area (TPSA) is 103 Å². The summed E-state index contributed by atoms with van der Waals surface area (Å²) in [5, 5.41) is 12.7. The van der Waals surface area contributed by atoms with E-state index in [0.29, 0.717) is 23.8 Å². The molecular weight excluding hydrogens is 366 g/mol. The van der Waals surface area contributed by atoms with Crippen LogP contribution in [-0.2, 0) is 11.4 Å². The summed E-state index contributed by atoms with van der Waals surface area (Å²) in [6.45, 7) is 3.04. The molecule has 0 aliphatic heterocycles. The molecule has 0 atom stereocenters. The predicted molar refractivity (Wildman–Crippen MR) is 114 cm³/mol. The lowest BCUT2D eigenvalue weighted by Gasteiger charge is -2.10. The molecule has 2 heterocycles. The molecule has 0 aliphatic carbocycles. The van der Waals surface area contributed by atoms with E-state index in [0.717, 1.165) is 23.1 Å². The molecule has 8 nitrogen and oxygen atoms in total. The fraction of sp³-hybridized carbons (Fsp3) is 0.143. The molecule has 0 saturated heterocycles. The largest absolute Gasteiger partial charge is 0.396 e. The number of rotatable bonds is 7. The number of hydrogen-bond acceptors (Lipinski definition) is 7. The quantitative estimate of drug-likeness (QED) is 0.371. The Morgan fingerprint density at radius 1 is 1.17 bits per heavy atom. The number of nitrogens with one attached hydrogen (secondary N) is 1. The first-order valence-corrected chi connectivity index (χ1v) is 9.27. The number of fused-ring (bicyclic) bond motifs is 1. The molecule has 0 saturated carbocycles. The highest BCUT2D eigenvalue weighted by atomic mass is 16.6. The van der Waals surface area contributed by atoms with Crippen LogP contribution in [0, 0.1) is 0 Å². The molecule has 0 radical (unpaired) electrons. The number of oxime groups is 1. The van der Waals surface area contributed by atoms with Crippen LogP contribution in [-0.4, -0.2) is 32.6 Å². The zero-order valence-corrected chi connectivity index (χ0v) is 16.0. The predicted octanol–water partition coefficient (Wildman–Crippen LogP) is 3.57. The molecule has 4 rings (SSSR count). The molecule has 8 heteroatoms. The number of nitrogens with zero attached hydrogens (tertiary/aromatic N) is 5. The molecule has 0 spiro atoms. The van der Waals surface area contributed by atoms with Gasteiger partial charge in [0.1, 0.15) is 24.6 Å². The Morgan fingerprint density at radius 3 is 2.86 bits per heavy atom. The zero-order valence-electron chi connectivity index (χ0n) is 16.0. The monoisotopic (exact) mass is 387 g/mol. The fourth-order valence-electron chi connectivity index (χ4n) is 2.98. The third-order valence-electron chi connectivity index (χ3n) is 4.38. The van der Waals surface area contributed by atoms with Crippen molar-refractivity contribution in [2.75, 3.05) is 17.7 Å². The van der Waals surface area contributed by atoms with Gasteiger partial charge in [-0.3, -0.25) is 4.68 Å². The standard InChI is InChI=1S/C21H21N7O/c1-2-29-26-12-18-20(22)23-14-24-21(18)27-17-8-9-19-16(10-17)11-25-28(19)13-15-6-4-3-5-7-15/h3-12,14H,2,13H2,1H3,(H3,22,23,24,27). The van der Waals surface area contributed by atoms with Crippen LogP contribution in [0.5, 0.6) is 0 Å². The molecular formula is C21H21N7O. The van der Waals surface area contributed by atoms with Gasteiger partial charge in [-0.1, -0.05) is 35.5 Å². The van der Waals surface area contributed by atoms with Crippen molar-refractivity contribution in [2.24, 2.45) is 5.16 Å². The first-order valence-electron chi connectivity index (χ1n) is 9.27. The number of aromatic nitrogens is 4. The summed E-state index contributed by atoms with van der Waals surface area (Å²) in [7, 11) is 0. The Bertz CT molecular complexity index is 1140. The minimum absolute atomic E-state index is 0.322. The Labute approximate surface area is 168 Å². The summed E-state index contributed by atoms with van der Waals surface area (Å²) in [6.07, 6.45) is 4.78. The van der Waals surface area contributed by atoms with Crippen LogP contribution in [0.1, 0.15) is 18.1 Å². The average Bonchev–Trinajstić information content (AvgIpc) is 3.13. The van der Waals surface area contributed by atoms with Gasteiger partial charge < -0.3 is 15.9 Å². The smallest absolute Gasteiger partial charge is 0.144 e. The van der Waals surface area contributed by atoms with Gasteiger partial charge in [0.2, 0.25) is 0 Å². The van der Waals surface area contributed by atoms with E-state index in [1.54, 1.807) is 0 Å². The lowest BCUT2D eigenvalue weighted by molar-refractivity contribution is 0.160. The molecule has 3 N–H and O–H groups in total. The van der Waals surface area contributed by atoms with Crippen molar-refractivity contribution in [3.8, 4) is 0 Å². The van der Waals surface area contributed by atoms with Crippen LogP contribution >= 0.6 is 0 Å². The van der Waals surface area contributed by atoms with Crippen molar-refractivity contribution in [2.45, 2.75) is 13.5 Å². The Balaban J connectivity index is 1.59. The summed E-state index contributed by atoms with van der Waals surface area (Å²) in [5.74, 6) is 0.875. The molecule has 0 aliphatic rings. The average molecular weight is 387 g/mol. The van der Waals surface area contributed by atoms with Crippen molar-refractivity contribution in [3.63, 3.8) is 0 Å². The maximum atomic E-state index is 5.97. The molecule has 0 amide bonds.